The first kappa shape index (κ1) is 22.3. The van der Waals surface area contributed by atoms with Gasteiger partial charge in [0.05, 0.1) is 11.2 Å². The van der Waals surface area contributed by atoms with Crippen molar-refractivity contribution in [2.24, 2.45) is 11.8 Å². The lowest BCUT2D eigenvalue weighted by atomic mass is 9.75. The molecule has 0 spiro atoms. The highest BCUT2D eigenvalue weighted by Gasteiger charge is 2.47. The number of ketones is 1. The van der Waals surface area contributed by atoms with Crippen LogP contribution in [-0.2, 0) is 9.53 Å². The number of aliphatic hydroxyl groups excluding tert-OH is 1. The Morgan fingerprint density at radius 1 is 1.24 bits per heavy atom. The van der Waals surface area contributed by atoms with E-state index in [1.807, 2.05) is 20.8 Å². The molecule has 1 unspecified atom stereocenters. The first-order chi connectivity index (χ1) is 11.6. The first-order valence-electron chi connectivity index (χ1n) is 9.84. The summed E-state index contributed by atoms with van der Waals surface area (Å²) in [6.07, 6.45) is 6.96. The minimum atomic E-state index is -0.986. The Morgan fingerprint density at radius 2 is 1.92 bits per heavy atom. The van der Waals surface area contributed by atoms with Crippen LogP contribution in [0.1, 0.15) is 79.6 Å². The average Bonchev–Trinajstić information content (AvgIpc) is 2.67. The van der Waals surface area contributed by atoms with E-state index in [1.165, 1.54) is 0 Å². The van der Waals surface area contributed by atoms with Crippen LogP contribution in [-0.4, -0.2) is 40.4 Å². The number of allylic oxidation sites excluding steroid dienone is 2. The predicted molar refractivity (Wildman–Crippen MR) is 101 cm³/mol. The highest BCUT2D eigenvalue weighted by Crippen LogP contribution is 2.40. The molecule has 0 radical (unpaired) electrons. The Balaban J connectivity index is 2.65. The summed E-state index contributed by atoms with van der Waals surface area (Å²) < 4.78 is 6.04. The van der Waals surface area contributed by atoms with E-state index >= 15 is 0 Å². The van der Waals surface area contributed by atoms with Crippen LogP contribution in [0.2, 0.25) is 0 Å². The molecular weight excluding hydrogens is 316 g/mol. The van der Waals surface area contributed by atoms with E-state index in [2.05, 4.69) is 13.8 Å². The highest BCUT2D eigenvalue weighted by molar-refractivity contribution is 5.92. The third-order valence-corrected chi connectivity index (χ3v) is 5.97. The molecule has 0 aliphatic carbocycles. The minimum absolute atomic E-state index is 0.0194. The lowest BCUT2D eigenvalue weighted by molar-refractivity contribution is -0.178. The quantitative estimate of drug-likeness (QED) is 0.613. The fourth-order valence-corrected chi connectivity index (χ4v) is 3.52. The second kappa shape index (κ2) is 9.84. The number of carbonyl (C=O) groups is 1. The van der Waals surface area contributed by atoms with E-state index in [0.29, 0.717) is 31.8 Å². The van der Waals surface area contributed by atoms with Gasteiger partial charge in [-0.05, 0) is 64.4 Å². The molecule has 1 saturated heterocycles. The van der Waals surface area contributed by atoms with Gasteiger partial charge in [0.15, 0.2) is 5.78 Å². The van der Waals surface area contributed by atoms with Crippen molar-refractivity contribution < 1.29 is 19.7 Å². The van der Waals surface area contributed by atoms with Crippen LogP contribution in [0, 0.1) is 11.8 Å². The summed E-state index contributed by atoms with van der Waals surface area (Å²) in [5, 5.41) is 20.4. The molecule has 4 nitrogen and oxygen atoms in total. The number of aliphatic hydroxyl groups is 2. The van der Waals surface area contributed by atoms with Gasteiger partial charge >= 0.3 is 0 Å². The summed E-state index contributed by atoms with van der Waals surface area (Å²) >= 11 is 0. The summed E-state index contributed by atoms with van der Waals surface area (Å²) in [6, 6.07) is 0. The number of hydrogen-bond acceptors (Lipinski definition) is 4. The zero-order valence-electron chi connectivity index (χ0n) is 16.8. The Morgan fingerprint density at radius 3 is 2.52 bits per heavy atom. The molecule has 2 N–H and O–H groups in total. The van der Waals surface area contributed by atoms with Gasteiger partial charge in [-0.25, -0.2) is 0 Å². The van der Waals surface area contributed by atoms with E-state index in [4.69, 9.17) is 4.74 Å². The lowest BCUT2D eigenvalue weighted by Gasteiger charge is -2.43. The largest absolute Gasteiger partial charge is 0.396 e. The molecule has 25 heavy (non-hydrogen) atoms. The van der Waals surface area contributed by atoms with Gasteiger partial charge in [0.25, 0.3) is 0 Å². The molecule has 0 aromatic carbocycles. The summed E-state index contributed by atoms with van der Waals surface area (Å²) in [4.78, 5) is 12.3. The SMILES string of the molecule is CC(=CC(=O)C(C)CCC[C@]1(C)OCCCC[C@@]1(O)CCO)C(C)C. The van der Waals surface area contributed by atoms with E-state index in [0.717, 1.165) is 31.3 Å². The smallest absolute Gasteiger partial charge is 0.158 e. The van der Waals surface area contributed by atoms with Crippen molar-refractivity contribution in [1.82, 2.24) is 0 Å². The van der Waals surface area contributed by atoms with E-state index < -0.39 is 11.2 Å². The summed E-state index contributed by atoms with van der Waals surface area (Å²) in [7, 11) is 0. The summed E-state index contributed by atoms with van der Waals surface area (Å²) in [5.74, 6) is 0.556. The normalized spacial score (nSPS) is 29.5. The summed E-state index contributed by atoms with van der Waals surface area (Å²) in [6.45, 7) is 10.7. The number of carbonyl (C=O) groups excluding carboxylic acids is 1. The Kier molecular flexibility index (Phi) is 8.79. The molecule has 0 aromatic heterocycles. The molecule has 1 aliphatic rings. The highest BCUT2D eigenvalue weighted by atomic mass is 16.5. The maximum atomic E-state index is 12.3. The number of ether oxygens (including phenoxy) is 1. The fraction of sp³-hybridized carbons (Fsp3) is 0.857. The van der Waals surface area contributed by atoms with Crippen LogP contribution in [0.5, 0.6) is 0 Å². The van der Waals surface area contributed by atoms with E-state index in [9.17, 15) is 15.0 Å². The molecule has 1 fully saturated rings. The van der Waals surface area contributed by atoms with Crippen LogP contribution in [0.25, 0.3) is 0 Å². The van der Waals surface area contributed by atoms with Crippen LogP contribution in [0.4, 0.5) is 0 Å². The van der Waals surface area contributed by atoms with Crippen molar-refractivity contribution in [2.75, 3.05) is 13.2 Å². The Labute approximate surface area is 153 Å². The van der Waals surface area contributed by atoms with Crippen molar-refractivity contribution in [3.8, 4) is 0 Å². The topological polar surface area (TPSA) is 66.8 Å². The van der Waals surface area contributed by atoms with Crippen molar-refractivity contribution in [1.29, 1.82) is 0 Å². The Bertz CT molecular complexity index is 457. The van der Waals surface area contributed by atoms with Crippen molar-refractivity contribution >= 4 is 5.78 Å². The van der Waals surface area contributed by atoms with Gasteiger partial charge in [-0.1, -0.05) is 26.3 Å². The monoisotopic (exact) mass is 354 g/mol. The molecule has 146 valence electrons. The molecule has 4 heteroatoms. The van der Waals surface area contributed by atoms with Crippen molar-refractivity contribution in [3.63, 3.8) is 0 Å². The second-order valence-corrected chi connectivity index (χ2v) is 8.28. The van der Waals surface area contributed by atoms with Gasteiger partial charge in [-0.3, -0.25) is 4.79 Å². The maximum Gasteiger partial charge on any atom is 0.158 e. The lowest BCUT2D eigenvalue weighted by Crippen LogP contribution is -2.53. The van der Waals surface area contributed by atoms with Gasteiger partial charge in [0.2, 0.25) is 0 Å². The first-order valence-corrected chi connectivity index (χ1v) is 9.84. The molecule has 0 amide bonds. The van der Waals surface area contributed by atoms with Crippen LogP contribution in [0.15, 0.2) is 11.6 Å². The van der Waals surface area contributed by atoms with E-state index in [-0.39, 0.29) is 18.3 Å². The maximum absolute atomic E-state index is 12.3. The van der Waals surface area contributed by atoms with Gasteiger partial charge in [-0.15, -0.1) is 0 Å². The van der Waals surface area contributed by atoms with Crippen LogP contribution in [0.3, 0.4) is 0 Å². The van der Waals surface area contributed by atoms with Crippen molar-refractivity contribution in [2.45, 2.75) is 90.8 Å². The summed E-state index contributed by atoms with van der Waals surface area (Å²) in [5.41, 5.74) is -0.522. The number of hydrogen-bond donors (Lipinski definition) is 2. The average molecular weight is 355 g/mol. The molecule has 1 aliphatic heterocycles. The van der Waals surface area contributed by atoms with Gasteiger partial charge in [0, 0.05) is 25.6 Å². The fourth-order valence-electron chi connectivity index (χ4n) is 3.52. The molecular formula is C21H38O4. The van der Waals surface area contributed by atoms with Gasteiger partial charge in [0.1, 0.15) is 0 Å². The molecule has 0 bridgehead atoms. The zero-order chi connectivity index (χ0) is 19.1. The van der Waals surface area contributed by atoms with E-state index in [1.54, 1.807) is 6.08 Å². The van der Waals surface area contributed by atoms with Gasteiger partial charge in [-0.2, -0.15) is 0 Å². The van der Waals surface area contributed by atoms with Crippen LogP contribution < -0.4 is 0 Å². The molecule has 1 heterocycles. The van der Waals surface area contributed by atoms with Gasteiger partial charge < -0.3 is 14.9 Å². The third kappa shape index (κ3) is 6.19. The second-order valence-electron chi connectivity index (χ2n) is 8.28. The predicted octanol–water partition coefficient (Wildman–Crippen LogP) is 4.04. The molecule has 0 saturated carbocycles. The third-order valence-electron chi connectivity index (χ3n) is 5.97. The Hall–Kier alpha value is -0.710. The minimum Gasteiger partial charge on any atom is -0.396 e. The standard InChI is InChI=1S/C21H38O4/c1-16(2)18(4)15-19(23)17(3)9-8-10-20(5)21(24,12-13-22)11-6-7-14-25-20/h15-17,22,24H,6-14H2,1-5H3/t17?,20-,21+/m0/s1. The zero-order valence-corrected chi connectivity index (χ0v) is 16.8. The molecule has 0 aromatic rings. The molecule has 3 atom stereocenters. The number of rotatable bonds is 9. The molecule has 1 rings (SSSR count). The van der Waals surface area contributed by atoms with Crippen LogP contribution >= 0.6 is 0 Å². The van der Waals surface area contributed by atoms with Crippen molar-refractivity contribution in [3.05, 3.63) is 11.6 Å².